The van der Waals surface area contributed by atoms with Crippen LogP contribution in [0.4, 0.5) is 17.2 Å². The molecule has 0 radical (unpaired) electrons. The molecule has 2 N–H and O–H groups in total. The number of carbonyl (C=O) groups excluding carboxylic acids is 1. The number of hydrogen-bond acceptors (Lipinski definition) is 3. The zero-order valence-corrected chi connectivity index (χ0v) is 14.0. The zero-order chi connectivity index (χ0) is 16.9. The first-order chi connectivity index (χ1) is 11.6. The van der Waals surface area contributed by atoms with Gasteiger partial charge in [0.05, 0.1) is 27.6 Å². The second-order valence-corrected chi connectivity index (χ2v) is 5.79. The summed E-state index contributed by atoms with van der Waals surface area (Å²) in [5.41, 5.74) is 1.77. The Morgan fingerprint density at radius 2 is 1.58 bits per heavy atom. The fourth-order valence-corrected chi connectivity index (χ4v) is 2.57. The average molecular weight is 358 g/mol. The van der Waals surface area contributed by atoms with Gasteiger partial charge >= 0.3 is 0 Å². The molecule has 0 bridgehead atoms. The summed E-state index contributed by atoms with van der Waals surface area (Å²) in [6.45, 7) is 0. The molecule has 4 nitrogen and oxygen atoms in total. The molecule has 3 rings (SSSR count). The number of nitrogens with zero attached hydrogens (tertiary/aromatic N) is 1. The van der Waals surface area contributed by atoms with Gasteiger partial charge in [-0.15, -0.1) is 0 Å². The largest absolute Gasteiger partial charge is 0.338 e. The van der Waals surface area contributed by atoms with Gasteiger partial charge in [0.15, 0.2) is 0 Å². The van der Waals surface area contributed by atoms with Gasteiger partial charge in [0.1, 0.15) is 5.82 Å². The first kappa shape index (κ1) is 16.3. The monoisotopic (exact) mass is 357 g/mol. The third-order valence-corrected chi connectivity index (χ3v) is 3.90. The molecule has 0 aliphatic rings. The number of nitrogens with one attached hydrogen (secondary N) is 2. The van der Waals surface area contributed by atoms with Crippen molar-refractivity contribution in [3.63, 3.8) is 0 Å². The van der Waals surface area contributed by atoms with Crippen molar-refractivity contribution >= 4 is 46.3 Å². The molecule has 1 aromatic heterocycles. The second-order valence-electron chi connectivity index (χ2n) is 4.97. The highest BCUT2D eigenvalue weighted by Crippen LogP contribution is 2.32. The van der Waals surface area contributed by atoms with E-state index in [0.717, 1.165) is 0 Å². The Kier molecular flexibility index (Phi) is 4.99. The Hall–Kier alpha value is -2.56. The Balaban J connectivity index is 1.71. The fraction of sp³-hybridized carbons (Fsp3) is 0. The van der Waals surface area contributed by atoms with Crippen molar-refractivity contribution in [1.82, 2.24) is 4.98 Å². The van der Waals surface area contributed by atoms with Gasteiger partial charge in [-0.25, -0.2) is 4.98 Å². The van der Waals surface area contributed by atoms with Crippen molar-refractivity contribution in [2.45, 2.75) is 0 Å². The van der Waals surface area contributed by atoms with E-state index in [1.54, 1.807) is 48.7 Å². The van der Waals surface area contributed by atoms with E-state index in [1.807, 2.05) is 18.2 Å². The van der Waals surface area contributed by atoms with E-state index in [1.165, 1.54) is 0 Å². The number of anilines is 3. The zero-order valence-electron chi connectivity index (χ0n) is 12.5. The minimum Gasteiger partial charge on any atom is -0.338 e. The van der Waals surface area contributed by atoms with Crippen LogP contribution < -0.4 is 10.6 Å². The van der Waals surface area contributed by atoms with Crippen LogP contribution in [0, 0.1) is 0 Å². The summed E-state index contributed by atoms with van der Waals surface area (Å²) < 4.78 is 0. The van der Waals surface area contributed by atoms with Gasteiger partial charge in [-0.3, -0.25) is 4.79 Å². The fourth-order valence-electron chi connectivity index (χ4n) is 2.08. The summed E-state index contributed by atoms with van der Waals surface area (Å²) in [4.78, 5) is 16.3. The van der Waals surface area contributed by atoms with Crippen molar-refractivity contribution in [2.75, 3.05) is 10.6 Å². The molecule has 120 valence electrons. The molecule has 0 spiro atoms. The molecule has 0 unspecified atom stereocenters. The van der Waals surface area contributed by atoms with Crippen LogP contribution in [-0.4, -0.2) is 10.9 Å². The smallest absolute Gasteiger partial charge is 0.255 e. The van der Waals surface area contributed by atoms with Crippen LogP contribution in [0.3, 0.4) is 0 Å². The molecule has 1 amide bonds. The predicted molar refractivity (Wildman–Crippen MR) is 98.4 cm³/mol. The predicted octanol–water partition coefficient (Wildman–Crippen LogP) is 5.38. The summed E-state index contributed by atoms with van der Waals surface area (Å²) in [5.74, 6) is 0.384. The maximum absolute atomic E-state index is 12.1. The third kappa shape index (κ3) is 3.85. The minimum absolute atomic E-state index is 0.188. The van der Waals surface area contributed by atoms with Crippen LogP contribution in [0.15, 0.2) is 66.9 Å². The lowest BCUT2D eigenvalue weighted by Gasteiger charge is -2.10. The normalized spacial score (nSPS) is 10.2. The summed E-state index contributed by atoms with van der Waals surface area (Å²) in [6.07, 6.45) is 1.56. The highest BCUT2D eigenvalue weighted by molar-refractivity contribution is 6.39. The van der Waals surface area contributed by atoms with Crippen molar-refractivity contribution in [3.8, 4) is 0 Å². The molecule has 24 heavy (non-hydrogen) atoms. The van der Waals surface area contributed by atoms with E-state index in [0.29, 0.717) is 32.8 Å². The minimum atomic E-state index is -0.188. The van der Waals surface area contributed by atoms with Gasteiger partial charge in [0, 0.05) is 5.56 Å². The maximum atomic E-state index is 12.1. The van der Waals surface area contributed by atoms with Crippen LogP contribution in [0.25, 0.3) is 0 Å². The third-order valence-electron chi connectivity index (χ3n) is 3.27. The number of para-hydroxylation sites is 1. The number of carbonyl (C=O) groups is 1. The SMILES string of the molecule is O=C(Nc1ccc(Nc2c(Cl)cccc2Cl)nc1)c1ccccc1. The van der Waals surface area contributed by atoms with Crippen LogP contribution in [0.2, 0.25) is 10.0 Å². The first-order valence-corrected chi connectivity index (χ1v) is 7.92. The van der Waals surface area contributed by atoms with Crippen LogP contribution in [-0.2, 0) is 0 Å². The van der Waals surface area contributed by atoms with Gasteiger partial charge < -0.3 is 10.6 Å². The standard InChI is InChI=1S/C18H13Cl2N3O/c19-14-7-4-8-15(20)17(14)23-16-10-9-13(11-21-16)22-18(24)12-5-2-1-3-6-12/h1-11H,(H,21,23)(H,22,24). The Labute approximate surface area is 149 Å². The first-order valence-electron chi connectivity index (χ1n) is 7.17. The van der Waals surface area contributed by atoms with E-state index >= 15 is 0 Å². The van der Waals surface area contributed by atoms with E-state index in [2.05, 4.69) is 15.6 Å². The molecule has 0 atom stereocenters. The summed E-state index contributed by atoms with van der Waals surface area (Å²) in [7, 11) is 0. The number of hydrogen-bond donors (Lipinski definition) is 2. The van der Waals surface area contributed by atoms with Crippen LogP contribution >= 0.6 is 23.2 Å². The highest BCUT2D eigenvalue weighted by Gasteiger charge is 2.08. The van der Waals surface area contributed by atoms with Gasteiger partial charge in [-0.1, -0.05) is 47.5 Å². The lowest BCUT2D eigenvalue weighted by Crippen LogP contribution is -2.11. The number of rotatable bonds is 4. The Morgan fingerprint density at radius 1 is 0.875 bits per heavy atom. The molecule has 0 aliphatic carbocycles. The average Bonchev–Trinajstić information content (AvgIpc) is 2.60. The molecule has 0 fully saturated rings. The van der Waals surface area contributed by atoms with E-state index in [4.69, 9.17) is 23.2 Å². The number of amides is 1. The molecular formula is C18H13Cl2N3O. The Bertz CT molecular complexity index is 832. The van der Waals surface area contributed by atoms with Gasteiger partial charge in [0.2, 0.25) is 0 Å². The molecule has 6 heteroatoms. The number of pyridine rings is 1. The molecule has 3 aromatic rings. The van der Waals surface area contributed by atoms with Gasteiger partial charge in [-0.05, 0) is 36.4 Å². The molecule has 2 aromatic carbocycles. The van der Waals surface area contributed by atoms with Crippen molar-refractivity contribution < 1.29 is 4.79 Å². The number of benzene rings is 2. The van der Waals surface area contributed by atoms with Crippen molar-refractivity contribution in [1.29, 1.82) is 0 Å². The van der Waals surface area contributed by atoms with E-state index in [-0.39, 0.29) is 5.91 Å². The van der Waals surface area contributed by atoms with Gasteiger partial charge in [-0.2, -0.15) is 0 Å². The van der Waals surface area contributed by atoms with Crippen LogP contribution in [0.5, 0.6) is 0 Å². The second kappa shape index (κ2) is 7.34. The maximum Gasteiger partial charge on any atom is 0.255 e. The van der Waals surface area contributed by atoms with E-state index in [9.17, 15) is 4.79 Å². The lowest BCUT2D eigenvalue weighted by molar-refractivity contribution is 0.102. The number of aromatic nitrogens is 1. The quantitative estimate of drug-likeness (QED) is 0.658. The lowest BCUT2D eigenvalue weighted by atomic mass is 10.2. The Morgan fingerprint density at radius 3 is 2.21 bits per heavy atom. The van der Waals surface area contributed by atoms with E-state index < -0.39 is 0 Å². The summed E-state index contributed by atoms with van der Waals surface area (Å²) in [6, 6.07) is 17.7. The van der Waals surface area contributed by atoms with Crippen LogP contribution in [0.1, 0.15) is 10.4 Å². The molecule has 0 saturated heterocycles. The van der Waals surface area contributed by atoms with Crippen molar-refractivity contribution in [2.24, 2.45) is 0 Å². The number of halogens is 2. The summed E-state index contributed by atoms with van der Waals surface area (Å²) in [5, 5.41) is 6.87. The highest BCUT2D eigenvalue weighted by atomic mass is 35.5. The topological polar surface area (TPSA) is 54.0 Å². The van der Waals surface area contributed by atoms with Crippen molar-refractivity contribution in [3.05, 3.63) is 82.5 Å². The summed E-state index contributed by atoms with van der Waals surface area (Å²) >= 11 is 12.2. The molecule has 0 aliphatic heterocycles. The molecule has 1 heterocycles. The molecule has 0 saturated carbocycles. The molecular weight excluding hydrogens is 345 g/mol. The van der Waals surface area contributed by atoms with Gasteiger partial charge in [0.25, 0.3) is 5.91 Å².